The van der Waals surface area contributed by atoms with Crippen molar-refractivity contribution in [2.75, 3.05) is 12.3 Å². The van der Waals surface area contributed by atoms with E-state index < -0.39 is 33.6 Å². The zero-order valence-corrected chi connectivity index (χ0v) is 8.90. The van der Waals surface area contributed by atoms with Crippen LogP contribution in [0.5, 0.6) is 0 Å². The lowest BCUT2D eigenvalue weighted by Gasteiger charge is -2.17. The third kappa shape index (κ3) is 3.45. The van der Waals surface area contributed by atoms with E-state index in [0.717, 1.165) is 17.1 Å². The maximum atomic E-state index is 11.1. The maximum absolute atomic E-state index is 11.1. The van der Waals surface area contributed by atoms with Gasteiger partial charge in [0.2, 0.25) is 0 Å². The molecule has 0 spiro atoms. The van der Waals surface area contributed by atoms with Crippen molar-refractivity contribution in [2.24, 2.45) is 5.92 Å². The standard InChI is InChI=1S/C8H11NO5S/c1-6(5-15(12,13)14)4-9-7(10)2-3-8(9)11/h2-3,6H,4-5H2,1H3,(H,12,13,14). The monoisotopic (exact) mass is 233 g/mol. The second-order valence-corrected chi connectivity index (χ2v) is 4.97. The van der Waals surface area contributed by atoms with Gasteiger partial charge in [-0.3, -0.25) is 19.0 Å². The fourth-order valence-electron chi connectivity index (χ4n) is 1.33. The molecule has 7 heteroatoms. The molecular formula is C8H11NO5S. The minimum Gasteiger partial charge on any atom is -0.286 e. The third-order valence-corrected chi connectivity index (χ3v) is 2.88. The number of carbonyl (C=O) groups is 2. The van der Waals surface area contributed by atoms with Gasteiger partial charge in [0.25, 0.3) is 21.9 Å². The second-order valence-electron chi connectivity index (χ2n) is 3.47. The van der Waals surface area contributed by atoms with Crippen LogP contribution in [0.3, 0.4) is 0 Å². The van der Waals surface area contributed by atoms with Crippen LogP contribution in [-0.4, -0.2) is 42.0 Å². The predicted molar refractivity (Wildman–Crippen MR) is 51.4 cm³/mol. The van der Waals surface area contributed by atoms with Crippen LogP contribution >= 0.6 is 0 Å². The maximum Gasteiger partial charge on any atom is 0.265 e. The summed E-state index contributed by atoms with van der Waals surface area (Å²) in [7, 11) is -4.07. The first-order valence-corrected chi connectivity index (χ1v) is 5.89. The zero-order chi connectivity index (χ0) is 11.6. The van der Waals surface area contributed by atoms with Crippen LogP contribution in [0.4, 0.5) is 0 Å². The van der Waals surface area contributed by atoms with Crippen LogP contribution in [0.15, 0.2) is 12.2 Å². The van der Waals surface area contributed by atoms with Gasteiger partial charge in [0.15, 0.2) is 0 Å². The normalized spacial score (nSPS) is 18.7. The summed E-state index contributed by atoms with van der Waals surface area (Å²) in [5.41, 5.74) is 0. The lowest BCUT2D eigenvalue weighted by molar-refractivity contribution is -0.137. The van der Waals surface area contributed by atoms with Gasteiger partial charge in [0, 0.05) is 18.7 Å². The highest BCUT2D eigenvalue weighted by atomic mass is 32.2. The number of rotatable bonds is 4. The van der Waals surface area contributed by atoms with Gasteiger partial charge in [-0.1, -0.05) is 6.92 Å². The van der Waals surface area contributed by atoms with Gasteiger partial charge in [0.05, 0.1) is 5.75 Å². The molecule has 0 saturated carbocycles. The molecule has 0 aromatic rings. The Labute approximate surface area is 87.3 Å². The van der Waals surface area contributed by atoms with Gasteiger partial charge in [-0.15, -0.1) is 0 Å². The highest BCUT2D eigenvalue weighted by molar-refractivity contribution is 7.85. The first-order valence-electron chi connectivity index (χ1n) is 4.28. The summed E-state index contributed by atoms with van der Waals surface area (Å²) in [6, 6.07) is 0. The summed E-state index contributed by atoms with van der Waals surface area (Å²) in [6.45, 7) is 1.52. The van der Waals surface area contributed by atoms with E-state index in [0.29, 0.717) is 0 Å². The van der Waals surface area contributed by atoms with Crippen molar-refractivity contribution in [2.45, 2.75) is 6.92 Å². The van der Waals surface area contributed by atoms with Crippen LogP contribution in [0.2, 0.25) is 0 Å². The van der Waals surface area contributed by atoms with E-state index in [4.69, 9.17) is 4.55 Å². The molecule has 0 bridgehead atoms. The molecule has 1 N–H and O–H groups in total. The Morgan fingerprint density at radius 2 is 1.80 bits per heavy atom. The van der Waals surface area contributed by atoms with Gasteiger partial charge < -0.3 is 0 Å². The number of nitrogens with zero attached hydrogens (tertiary/aromatic N) is 1. The Bertz CT molecular complexity index is 393. The molecule has 6 nitrogen and oxygen atoms in total. The summed E-state index contributed by atoms with van der Waals surface area (Å²) < 4.78 is 29.6. The third-order valence-electron chi connectivity index (χ3n) is 1.89. The molecule has 0 aromatic carbocycles. The first-order chi connectivity index (χ1) is 6.79. The molecule has 15 heavy (non-hydrogen) atoms. The predicted octanol–water partition coefficient (Wildman–Crippen LogP) is -0.565. The minimum absolute atomic E-state index is 0.00947. The van der Waals surface area contributed by atoms with Crippen molar-refractivity contribution in [1.29, 1.82) is 0 Å². The van der Waals surface area contributed by atoms with E-state index in [1.807, 2.05) is 0 Å². The molecule has 0 aromatic heterocycles. The smallest absolute Gasteiger partial charge is 0.265 e. The molecule has 1 atom stereocenters. The van der Waals surface area contributed by atoms with E-state index in [9.17, 15) is 18.0 Å². The Morgan fingerprint density at radius 3 is 2.20 bits per heavy atom. The van der Waals surface area contributed by atoms with Gasteiger partial charge in [0.1, 0.15) is 0 Å². The molecule has 2 amide bonds. The van der Waals surface area contributed by atoms with Crippen molar-refractivity contribution in [1.82, 2.24) is 4.90 Å². The second kappa shape index (κ2) is 4.11. The van der Waals surface area contributed by atoms with E-state index in [1.165, 1.54) is 6.92 Å². The number of hydrogen-bond acceptors (Lipinski definition) is 4. The molecule has 84 valence electrons. The van der Waals surface area contributed by atoms with Crippen molar-refractivity contribution >= 4 is 21.9 Å². The van der Waals surface area contributed by atoms with E-state index in [2.05, 4.69) is 0 Å². The van der Waals surface area contributed by atoms with Crippen LogP contribution in [-0.2, 0) is 19.7 Å². The molecule has 1 rings (SSSR count). The quantitative estimate of drug-likeness (QED) is 0.519. The van der Waals surface area contributed by atoms with E-state index in [1.54, 1.807) is 0 Å². The van der Waals surface area contributed by atoms with Crippen molar-refractivity contribution in [3.8, 4) is 0 Å². The Balaban J connectivity index is 2.56. The Hall–Kier alpha value is -1.21. The average molecular weight is 233 g/mol. The van der Waals surface area contributed by atoms with Crippen LogP contribution < -0.4 is 0 Å². The Morgan fingerprint density at radius 1 is 1.33 bits per heavy atom. The highest BCUT2D eigenvalue weighted by Gasteiger charge is 2.26. The summed E-state index contributed by atoms with van der Waals surface area (Å²) in [5.74, 6) is -1.87. The fourth-order valence-corrected chi connectivity index (χ4v) is 2.16. The molecule has 1 unspecified atom stereocenters. The average Bonchev–Trinajstić information content (AvgIpc) is 2.32. The van der Waals surface area contributed by atoms with E-state index in [-0.39, 0.29) is 6.54 Å². The lowest BCUT2D eigenvalue weighted by Crippen LogP contribution is -2.35. The molecule has 1 heterocycles. The first kappa shape index (κ1) is 11.9. The molecular weight excluding hydrogens is 222 g/mol. The molecule has 1 aliphatic heterocycles. The van der Waals surface area contributed by atoms with E-state index >= 15 is 0 Å². The summed E-state index contributed by atoms with van der Waals surface area (Å²) in [5, 5.41) is 0. The number of hydrogen-bond donors (Lipinski definition) is 1. The summed E-state index contributed by atoms with van der Waals surface area (Å²) in [4.78, 5) is 23.1. The molecule has 0 radical (unpaired) electrons. The van der Waals surface area contributed by atoms with Crippen molar-refractivity contribution in [3.63, 3.8) is 0 Å². The summed E-state index contributed by atoms with van der Waals surface area (Å²) >= 11 is 0. The highest BCUT2D eigenvalue weighted by Crippen LogP contribution is 2.09. The minimum atomic E-state index is -4.07. The fraction of sp³-hybridized carbons (Fsp3) is 0.500. The van der Waals surface area contributed by atoms with Crippen molar-refractivity contribution < 1.29 is 22.6 Å². The summed E-state index contributed by atoms with van der Waals surface area (Å²) in [6.07, 6.45) is 2.25. The zero-order valence-electron chi connectivity index (χ0n) is 8.08. The van der Waals surface area contributed by atoms with Crippen LogP contribution in [0.25, 0.3) is 0 Å². The van der Waals surface area contributed by atoms with Gasteiger partial charge in [-0.2, -0.15) is 8.42 Å². The van der Waals surface area contributed by atoms with Gasteiger partial charge >= 0.3 is 0 Å². The number of carbonyl (C=O) groups excluding carboxylic acids is 2. The molecule has 0 aliphatic carbocycles. The van der Waals surface area contributed by atoms with Crippen LogP contribution in [0.1, 0.15) is 6.92 Å². The topological polar surface area (TPSA) is 91.8 Å². The molecule has 0 saturated heterocycles. The van der Waals surface area contributed by atoms with Gasteiger partial charge in [-0.05, 0) is 5.92 Å². The number of imide groups is 1. The number of amides is 2. The lowest BCUT2D eigenvalue weighted by atomic mass is 10.2. The Kier molecular flexibility index (Phi) is 3.25. The molecule has 0 fully saturated rings. The molecule has 1 aliphatic rings. The van der Waals surface area contributed by atoms with Crippen molar-refractivity contribution in [3.05, 3.63) is 12.2 Å². The van der Waals surface area contributed by atoms with Crippen LogP contribution in [0, 0.1) is 5.92 Å². The van der Waals surface area contributed by atoms with Gasteiger partial charge in [-0.25, -0.2) is 0 Å². The SMILES string of the molecule is CC(CN1C(=O)C=CC1=O)CS(=O)(=O)O. The largest absolute Gasteiger partial charge is 0.286 e.